The fraction of sp³-hybridized carbons (Fsp3) is 0.512. The quantitative estimate of drug-likeness (QED) is 0.0268. The maximum Gasteiger partial charge on any atom is 0.260 e. The number of methoxy groups -OCH3 is 2. The molecule has 113 heavy (non-hydrogen) atoms. The van der Waals surface area contributed by atoms with Crippen molar-refractivity contribution in [2.45, 2.75) is 89.9 Å². The van der Waals surface area contributed by atoms with Gasteiger partial charge in [0.15, 0.2) is 23.0 Å². The van der Waals surface area contributed by atoms with Gasteiger partial charge in [0.2, 0.25) is 23.6 Å². The van der Waals surface area contributed by atoms with Crippen molar-refractivity contribution >= 4 is 93.6 Å². The Hall–Kier alpha value is -9.96. The van der Waals surface area contributed by atoms with Crippen LogP contribution in [-0.4, -0.2) is 283 Å². The fourth-order valence-electron chi connectivity index (χ4n) is 13.0. The lowest BCUT2D eigenvalue weighted by molar-refractivity contribution is -0.137. The zero-order chi connectivity index (χ0) is 79.9. The number of unbranched alkanes of at least 4 members (excludes halogenated alkanes) is 2. The average Bonchev–Trinajstić information content (AvgIpc) is 1.64. The lowest BCUT2D eigenvalue weighted by Crippen LogP contribution is -2.53. The van der Waals surface area contributed by atoms with Gasteiger partial charge < -0.3 is 97.7 Å². The minimum absolute atomic E-state index is 0.0143. The second-order valence-corrected chi connectivity index (χ2v) is 28.0. The number of piperazine rings is 1. The van der Waals surface area contributed by atoms with E-state index in [1.54, 1.807) is 80.3 Å². The summed E-state index contributed by atoms with van der Waals surface area (Å²) in [5.74, 6) is -1.27. The van der Waals surface area contributed by atoms with Crippen molar-refractivity contribution in [2.75, 3.05) is 190 Å². The predicted molar refractivity (Wildman–Crippen MR) is 422 cm³/mol. The number of rotatable bonds is 49. The summed E-state index contributed by atoms with van der Waals surface area (Å²) in [5, 5.41) is 11.0. The molecule has 1 unspecified atom stereocenters. The maximum absolute atomic E-state index is 14.2. The van der Waals surface area contributed by atoms with Crippen LogP contribution in [0.15, 0.2) is 107 Å². The van der Waals surface area contributed by atoms with Gasteiger partial charge in [-0.15, -0.1) is 0 Å². The van der Waals surface area contributed by atoms with E-state index in [0.29, 0.717) is 183 Å². The van der Waals surface area contributed by atoms with Crippen molar-refractivity contribution in [2.24, 2.45) is 15.9 Å². The summed E-state index contributed by atoms with van der Waals surface area (Å²) in [6.07, 6.45) is 13.2. The highest BCUT2D eigenvalue weighted by atomic mass is 16.6. The Kier molecular flexibility index (Phi) is 33.6. The molecule has 0 aromatic heterocycles. The summed E-state index contributed by atoms with van der Waals surface area (Å²) < 4.78 is 68.0. The first-order valence-electron chi connectivity index (χ1n) is 38.8. The molecule has 4 aromatic rings. The number of ether oxygens (including phenoxy) is 12. The van der Waals surface area contributed by atoms with Crippen molar-refractivity contribution < 1.29 is 95.2 Å². The van der Waals surface area contributed by atoms with Crippen LogP contribution in [0.4, 0.5) is 22.7 Å². The second-order valence-electron chi connectivity index (χ2n) is 28.0. The van der Waals surface area contributed by atoms with E-state index in [1.807, 2.05) is 30.7 Å². The normalized spacial score (nSPS) is 16.9. The number of nitrogens with zero attached hydrogens (tertiary/aromatic N) is 7. The summed E-state index contributed by atoms with van der Waals surface area (Å²) in [4.78, 5) is 122. The van der Waals surface area contributed by atoms with E-state index in [9.17, 15) is 38.4 Å². The smallest absolute Gasteiger partial charge is 0.260 e. The van der Waals surface area contributed by atoms with Gasteiger partial charge in [-0.3, -0.25) is 53.2 Å². The van der Waals surface area contributed by atoms with Crippen LogP contribution in [0.2, 0.25) is 0 Å². The molecule has 6 aliphatic heterocycles. The minimum Gasteiger partial charge on any atom is -0.493 e. The van der Waals surface area contributed by atoms with Crippen LogP contribution in [0.25, 0.3) is 11.1 Å². The van der Waals surface area contributed by atoms with Crippen molar-refractivity contribution in [1.29, 1.82) is 0 Å². The summed E-state index contributed by atoms with van der Waals surface area (Å²) in [5.41, 5.74) is 7.46. The zero-order valence-electron chi connectivity index (χ0n) is 65.5. The number of hydrogen-bond acceptors (Lipinski definition) is 24. The number of benzene rings is 4. The van der Waals surface area contributed by atoms with Crippen molar-refractivity contribution in [1.82, 2.24) is 35.6 Å². The monoisotopic (exact) mass is 1570 g/mol. The Morgan fingerprint density at radius 3 is 1.41 bits per heavy atom. The Labute approximate surface area is 659 Å². The number of fused-ring (bicyclic) bond motifs is 4. The standard InChI is InChI=1S/C82H107N11O20/c1-56(2)78(88-75(95)21-30-104-32-34-106-36-38-108-40-42-110-44-45-111-43-41-109-39-37-107-35-33-105-31-22-83-74(94)20-23-91-76(96)18-19-77(91)97)80(99)86-57(3)79(98)87-62-14-10-58(11-15-62)60-46-64-52-84-68-50-72(70(102-5)48-66(68)81(100)92(64)54-60)112-28-8-7-9-29-113-73-51-69-67(49-71(73)103-6)82(101)93-55-61(47-65(93)53-85-69)59-12-16-63(17-13-59)90-26-24-89(4)25-27-90/h10-19,48-57,64-65,78H,7-9,20-47H2,1-6H3,(H,83,94)(H,86,99)(H,87,98)(H,88,95)/t57-,64-,65-,78?/m0/s1. The van der Waals surface area contributed by atoms with Crippen molar-refractivity contribution in [3.8, 4) is 23.0 Å². The third-order valence-electron chi connectivity index (χ3n) is 19.5. The molecule has 31 heteroatoms. The van der Waals surface area contributed by atoms with Gasteiger partial charge in [0.05, 0.1) is 168 Å². The molecule has 6 heterocycles. The van der Waals surface area contributed by atoms with Gasteiger partial charge in [-0.05, 0) is 97.8 Å². The van der Waals surface area contributed by atoms with Crippen LogP contribution in [-0.2, 0) is 66.7 Å². The number of nitrogens with one attached hydrogen (secondary N) is 4. The molecule has 4 N–H and O–H groups in total. The first-order valence-corrected chi connectivity index (χ1v) is 38.8. The first-order chi connectivity index (χ1) is 54.9. The Morgan fingerprint density at radius 1 is 0.496 bits per heavy atom. The number of amides is 8. The van der Waals surface area contributed by atoms with Crippen LogP contribution < -0.4 is 45.1 Å². The van der Waals surface area contributed by atoms with Crippen LogP contribution in [0.1, 0.15) is 97.6 Å². The van der Waals surface area contributed by atoms with Crippen LogP contribution in [0, 0.1) is 5.92 Å². The third-order valence-corrected chi connectivity index (χ3v) is 19.5. The number of carbonyl (C=O) groups excluding carboxylic acids is 8. The number of carbonyl (C=O) groups is 8. The molecule has 0 saturated carbocycles. The van der Waals surface area contributed by atoms with Gasteiger partial charge in [0.25, 0.3) is 23.6 Å². The van der Waals surface area contributed by atoms with E-state index < -0.39 is 35.7 Å². The fourth-order valence-corrected chi connectivity index (χ4v) is 13.0. The summed E-state index contributed by atoms with van der Waals surface area (Å²) in [7, 11) is 5.25. The number of hydrogen-bond donors (Lipinski definition) is 4. The topological polar surface area (TPSA) is 336 Å². The van der Waals surface area contributed by atoms with Crippen LogP contribution in [0.5, 0.6) is 23.0 Å². The van der Waals surface area contributed by atoms with E-state index in [1.165, 1.54) is 24.9 Å². The molecule has 0 radical (unpaired) electrons. The minimum atomic E-state index is -0.939. The Bertz CT molecular complexity index is 4010. The molecule has 1 fully saturated rings. The summed E-state index contributed by atoms with van der Waals surface area (Å²) in [6.45, 7) is 16.0. The van der Waals surface area contributed by atoms with E-state index in [-0.39, 0.29) is 74.2 Å². The number of anilines is 2. The predicted octanol–water partition coefficient (Wildman–Crippen LogP) is 6.56. The number of aliphatic imine (C=N–C) groups is 2. The molecule has 0 bridgehead atoms. The highest BCUT2D eigenvalue weighted by Crippen LogP contribution is 2.42. The Balaban J connectivity index is 0.535. The van der Waals surface area contributed by atoms with E-state index in [0.717, 1.165) is 66.2 Å². The number of likely N-dealkylation sites (N-methyl/N-ethyl adjacent to an activating group) is 1. The van der Waals surface area contributed by atoms with Crippen molar-refractivity contribution in [3.05, 3.63) is 120 Å². The van der Waals surface area contributed by atoms with E-state index in [4.69, 9.17) is 66.8 Å². The lowest BCUT2D eigenvalue weighted by atomic mass is 10.0. The molecule has 1 saturated heterocycles. The van der Waals surface area contributed by atoms with Gasteiger partial charge >= 0.3 is 0 Å². The second kappa shape index (κ2) is 44.5. The van der Waals surface area contributed by atoms with Gasteiger partial charge in [-0.25, -0.2) is 0 Å². The lowest BCUT2D eigenvalue weighted by Gasteiger charge is -2.34. The van der Waals surface area contributed by atoms with Gasteiger partial charge in [-0.2, -0.15) is 0 Å². The maximum atomic E-state index is 14.2. The van der Waals surface area contributed by atoms with Crippen LogP contribution >= 0.6 is 0 Å². The highest BCUT2D eigenvalue weighted by Gasteiger charge is 2.36. The summed E-state index contributed by atoms with van der Waals surface area (Å²) >= 11 is 0. The number of imide groups is 1. The molecule has 6 aliphatic rings. The van der Waals surface area contributed by atoms with Crippen LogP contribution in [0.3, 0.4) is 0 Å². The van der Waals surface area contributed by atoms with Gasteiger partial charge in [0, 0.05) is 125 Å². The molecule has 10 rings (SSSR count). The molecular formula is C82H107N11O20. The van der Waals surface area contributed by atoms with E-state index >= 15 is 0 Å². The largest absolute Gasteiger partial charge is 0.493 e. The average molecular weight is 1570 g/mol. The zero-order valence-corrected chi connectivity index (χ0v) is 65.5. The molecule has 0 spiro atoms. The first kappa shape index (κ1) is 85.5. The molecule has 4 aromatic carbocycles. The van der Waals surface area contributed by atoms with Gasteiger partial charge in [0.1, 0.15) is 12.1 Å². The summed E-state index contributed by atoms with van der Waals surface area (Å²) in [6, 6.07) is 20.4. The third kappa shape index (κ3) is 25.5. The molecule has 31 nitrogen and oxygen atoms in total. The molecule has 8 amide bonds. The van der Waals surface area contributed by atoms with Crippen molar-refractivity contribution in [3.63, 3.8) is 0 Å². The molecule has 4 atom stereocenters. The van der Waals surface area contributed by atoms with E-state index in [2.05, 4.69) is 62.4 Å². The molecular weight excluding hydrogens is 1460 g/mol. The SMILES string of the molecule is COc1cc2c(cc1OCCCCCOc1cc3c(cc1OC)C(=O)N1C=C(c4ccc(N5CCN(C)CC5)cc4)C[C@H]1C=N3)N=C[C@@H]1CC(c3ccc(NC(=O)[C@H](C)NC(=O)C(NC(=O)CCOCCOCCOCCOCCOCCOCCOCCOCCNC(=O)CCN4C(=O)C=CC4=O)C(C)C)cc3)=CN1C2=O. The highest BCUT2D eigenvalue weighted by molar-refractivity contribution is 6.13. The molecule has 610 valence electrons. The Morgan fingerprint density at radius 2 is 0.947 bits per heavy atom. The molecule has 0 aliphatic carbocycles. The van der Waals surface area contributed by atoms with Gasteiger partial charge in [-0.1, -0.05) is 38.1 Å².